The molecule has 168 valence electrons. The summed E-state index contributed by atoms with van der Waals surface area (Å²) in [6.07, 6.45) is 1.68. The van der Waals surface area contributed by atoms with Crippen molar-refractivity contribution < 1.29 is 22.3 Å². The molecule has 31 heavy (non-hydrogen) atoms. The van der Waals surface area contributed by atoms with Crippen LogP contribution in [0.1, 0.15) is 50.8 Å². The van der Waals surface area contributed by atoms with Gasteiger partial charge >= 0.3 is 0 Å². The Morgan fingerprint density at radius 3 is 2.58 bits per heavy atom. The lowest BCUT2D eigenvalue weighted by Crippen LogP contribution is -2.51. The number of carbonyl (C=O) groups is 1. The molecule has 1 aliphatic rings. The maximum absolute atomic E-state index is 14.5. The molecule has 0 aliphatic carbocycles. The van der Waals surface area contributed by atoms with Gasteiger partial charge in [0.25, 0.3) is 0 Å². The summed E-state index contributed by atoms with van der Waals surface area (Å²) in [7, 11) is -3.92. The number of benzene rings is 2. The lowest BCUT2D eigenvalue weighted by Gasteiger charge is -2.39. The Balaban J connectivity index is 1.97. The summed E-state index contributed by atoms with van der Waals surface area (Å²) in [6.45, 7) is 7.54. The lowest BCUT2D eigenvalue weighted by molar-refractivity contribution is -0.123. The monoisotopic (exact) mass is 448 g/mol. The number of ether oxygens (including phenoxy) is 1. The van der Waals surface area contributed by atoms with Crippen LogP contribution in [0, 0.1) is 12.7 Å². The molecule has 3 rings (SSSR count). The molecule has 0 bridgehead atoms. The first-order chi connectivity index (χ1) is 14.4. The van der Waals surface area contributed by atoms with Gasteiger partial charge in [-0.3, -0.25) is 9.10 Å². The Morgan fingerprint density at radius 2 is 1.97 bits per heavy atom. The first kappa shape index (κ1) is 23.1. The van der Waals surface area contributed by atoms with Crippen molar-refractivity contribution in [2.45, 2.75) is 58.2 Å². The van der Waals surface area contributed by atoms with Crippen LogP contribution < -0.4 is 14.4 Å². The van der Waals surface area contributed by atoms with E-state index in [4.69, 9.17) is 4.74 Å². The number of hydrogen-bond donors (Lipinski definition) is 1. The van der Waals surface area contributed by atoms with Crippen LogP contribution in [0.4, 0.5) is 10.1 Å². The summed E-state index contributed by atoms with van der Waals surface area (Å²) >= 11 is 0. The number of para-hydroxylation sites is 1. The molecule has 0 radical (unpaired) electrons. The zero-order chi connectivity index (χ0) is 23.0. The molecular weight excluding hydrogens is 419 g/mol. The summed E-state index contributed by atoms with van der Waals surface area (Å²) < 4.78 is 46.6. The fraction of sp³-hybridized carbons (Fsp3) is 0.435. The van der Waals surface area contributed by atoms with E-state index in [-0.39, 0.29) is 18.2 Å². The highest BCUT2D eigenvalue weighted by Gasteiger charge is 2.38. The van der Waals surface area contributed by atoms with Crippen LogP contribution in [0.15, 0.2) is 42.5 Å². The molecular formula is C23H29FN2O4S. The van der Waals surface area contributed by atoms with E-state index < -0.39 is 33.4 Å². The summed E-state index contributed by atoms with van der Waals surface area (Å²) in [5.74, 6) is -0.493. The molecule has 0 fully saturated rings. The lowest BCUT2D eigenvalue weighted by atomic mass is 9.88. The molecule has 0 unspecified atom stereocenters. The molecule has 0 saturated heterocycles. The second-order valence-electron chi connectivity index (χ2n) is 8.60. The molecule has 0 aromatic heterocycles. The Labute approximate surface area is 183 Å². The molecule has 1 heterocycles. The van der Waals surface area contributed by atoms with Crippen molar-refractivity contribution in [3.05, 3.63) is 59.4 Å². The van der Waals surface area contributed by atoms with Gasteiger partial charge in [0, 0.05) is 12.0 Å². The van der Waals surface area contributed by atoms with Crippen LogP contribution in [0.5, 0.6) is 5.75 Å². The van der Waals surface area contributed by atoms with Gasteiger partial charge in [0.2, 0.25) is 15.9 Å². The number of amides is 1. The molecule has 2 aromatic rings. The third kappa shape index (κ3) is 5.01. The van der Waals surface area contributed by atoms with Gasteiger partial charge < -0.3 is 10.1 Å². The van der Waals surface area contributed by atoms with Crippen LogP contribution in [0.25, 0.3) is 0 Å². The van der Waals surface area contributed by atoms with Crippen LogP contribution >= 0.6 is 0 Å². The molecule has 0 saturated carbocycles. The number of hydrogen-bond acceptors (Lipinski definition) is 4. The third-order valence-corrected chi connectivity index (χ3v) is 6.52. The van der Waals surface area contributed by atoms with E-state index >= 15 is 0 Å². The Kier molecular flexibility index (Phi) is 6.32. The van der Waals surface area contributed by atoms with Crippen LogP contribution in [-0.4, -0.2) is 32.2 Å². The summed E-state index contributed by atoms with van der Waals surface area (Å²) in [5, 5.41) is 3.00. The van der Waals surface area contributed by atoms with Crippen molar-refractivity contribution in [1.82, 2.24) is 5.32 Å². The average molecular weight is 449 g/mol. The minimum absolute atomic E-state index is 0.143. The molecule has 1 N–H and O–H groups in total. The first-order valence-corrected chi connectivity index (χ1v) is 12.1. The Hall–Kier alpha value is -2.61. The van der Waals surface area contributed by atoms with Gasteiger partial charge in [-0.25, -0.2) is 12.8 Å². The molecule has 1 aliphatic heterocycles. The predicted octanol–water partition coefficient (Wildman–Crippen LogP) is 4.10. The number of nitrogens with zero attached hydrogens (tertiary/aromatic N) is 1. The molecule has 1 amide bonds. The van der Waals surface area contributed by atoms with Crippen molar-refractivity contribution >= 4 is 21.6 Å². The van der Waals surface area contributed by atoms with Crippen LogP contribution in [-0.2, 0) is 14.8 Å². The van der Waals surface area contributed by atoms with Crippen LogP contribution in [0.3, 0.4) is 0 Å². The summed E-state index contributed by atoms with van der Waals surface area (Å²) in [5.41, 5.74) is 1.22. The minimum atomic E-state index is -3.92. The topological polar surface area (TPSA) is 75.7 Å². The zero-order valence-electron chi connectivity index (χ0n) is 18.5. The standard InChI is InChI=1S/C23H29FN2O4S/c1-6-19(26(31(5,28)29)20-10-8-7-9-17(20)24)22(27)25-18-14-23(3,4)30-21-12-11-15(2)13-16(18)21/h7-13,18-19H,6,14H2,1-5H3,(H,25,27)/t18-,19-/m0/s1. The van der Waals surface area contributed by atoms with Crippen molar-refractivity contribution in [2.75, 3.05) is 10.6 Å². The normalized spacial score (nSPS) is 18.5. The first-order valence-electron chi connectivity index (χ1n) is 10.3. The second kappa shape index (κ2) is 8.49. The van der Waals surface area contributed by atoms with Gasteiger partial charge in [0.15, 0.2) is 0 Å². The molecule has 2 aromatic carbocycles. The van der Waals surface area contributed by atoms with E-state index in [1.807, 2.05) is 39.0 Å². The fourth-order valence-electron chi connectivity index (χ4n) is 4.04. The van der Waals surface area contributed by atoms with E-state index in [1.54, 1.807) is 13.0 Å². The van der Waals surface area contributed by atoms with E-state index in [1.165, 1.54) is 18.2 Å². The third-order valence-electron chi connectivity index (χ3n) is 5.36. The number of anilines is 1. The number of aryl methyl sites for hydroxylation is 1. The Morgan fingerprint density at radius 1 is 1.29 bits per heavy atom. The number of halogens is 1. The van der Waals surface area contributed by atoms with E-state index in [0.29, 0.717) is 12.2 Å². The van der Waals surface area contributed by atoms with Crippen molar-refractivity contribution in [2.24, 2.45) is 0 Å². The number of carbonyl (C=O) groups excluding carboxylic acids is 1. The predicted molar refractivity (Wildman–Crippen MR) is 119 cm³/mol. The molecule has 2 atom stereocenters. The van der Waals surface area contributed by atoms with Gasteiger partial charge in [-0.15, -0.1) is 0 Å². The van der Waals surface area contributed by atoms with E-state index in [9.17, 15) is 17.6 Å². The number of nitrogens with one attached hydrogen (secondary N) is 1. The highest BCUT2D eigenvalue weighted by Crippen LogP contribution is 2.40. The fourth-order valence-corrected chi connectivity index (χ4v) is 5.25. The van der Waals surface area contributed by atoms with Crippen molar-refractivity contribution in [1.29, 1.82) is 0 Å². The highest BCUT2D eigenvalue weighted by atomic mass is 32.2. The molecule has 6 nitrogen and oxygen atoms in total. The zero-order valence-corrected chi connectivity index (χ0v) is 19.3. The largest absolute Gasteiger partial charge is 0.487 e. The van der Waals surface area contributed by atoms with Crippen molar-refractivity contribution in [3.8, 4) is 5.75 Å². The van der Waals surface area contributed by atoms with Gasteiger partial charge in [0.1, 0.15) is 23.2 Å². The number of sulfonamides is 1. The summed E-state index contributed by atoms with van der Waals surface area (Å²) in [4.78, 5) is 13.3. The maximum atomic E-state index is 14.5. The quantitative estimate of drug-likeness (QED) is 0.722. The van der Waals surface area contributed by atoms with E-state index in [2.05, 4.69) is 5.32 Å². The molecule has 0 spiro atoms. The van der Waals surface area contributed by atoms with Gasteiger partial charge in [-0.05, 0) is 45.4 Å². The smallest absolute Gasteiger partial charge is 0.244 e. The average Bonchev–Trinajstić information content (AvgIpc) is 2.66. The van der Waals surface area contributed by atoms with Gasteiger partial charge in [-0.2, -0.15) is 0 Å². The summed E-state index contributed by atoms with van der Waals surface area (Å²) in [6, 6.07) is 9.89. The maximum Gasteiger partial charge on any atom is 0.244 e. The second-order valence-corrected chi connectivity index (χ2v) is 10.5. The number of rotatable bonds is 6. The molecule has 8 heteroatoms. The van der Waals surface area contributed by atoms with Gasteiger partial charge in [0.05, 0.1) is 18.0 Å². The van der Waals surface area contributed by atoms with Crippen LogP contribution in [0.2, 0.25) is 0 Å². The SMILES string of the molecule is CC[C@@H](C(=O)N[C@H]1CC(C)(C)Oc2ccc(C)cc21)N(c1ccccc1F)S(C)(=O)=O. The number of fused-ring (bicyclic) bond motifs is 1. The van der Waals surface area contributed by atoms with E-state index in [0.717, 1.165) is 21.7 Å². The minimum Gasteiger partial charge on any atom is -0.487 e. The van der Waals surface area contributed by atoms with Crippen molar-refractivity contribution in [3.63, 3.8) is 0 Å². The van der Waals surface area contributed by atoms with Gasteiger partial charge in [-0.1, -0.05) is 36.8 Å². The highest BCUT2D eigenvalue weighted by molar-refractivity contribution is 7.92. The Bertz CT molecular complexity index is 1080.